The Balaban J connectivity index is 1.75. The van der Waals surface area contributed by atoms with Gasteiger partial charge in [-0.05, 0) is 42.0 Å². The molecule has 0 radical (unpaired) electrons. The first kappa shape index (κ1) is 14.7. The molecule has 3 nitrogen and oxygen atoms in total. The number of halogens is 1. The molecule has 2 rings (SSSR count). The zero-order chi connectivity index (χ0) is 14.2. The van der Waals surface area contributed by atoms with Crippen LogP contribution >= 0.6 is 15.9 Å². The average Bonchev–Trinajstić information content (AvgIpc) is 2.52. The Morgan fingerprint density at radius 3 is 2.15 bits per heavy atom. The lowest BCUT2D eigenvalue weighted by molar-refractivity contribution is 0.217. The number of alkyl halides is 1. The third-order valence-electron chi connectivity index (χ3n) is 2.73. The third-order valence-corrected chi connectivity index (χ3v) is 3.38. The van der Waals surface area contributed by atoms with Crippen molar-refractivity contribution in [2.75, 3.05) is 20.3 Å². The predicted octanol–water partition coefficient (Wildman–Crippen LogP) is 4.05. The van der Waals surface area contributed by atoms with Crippen molar-refractivity contribution in [3.8, 4) is 17.2 Å². The fourth-order valence-corrected chi connectivity index (χ4v) is 2.06. The molecular formula is C16H17BrO3. The van der Waals surface area contributed by atoms with Gasteiger partial charge in [0.25, 0.3) is 0 Å². The van der Waals surface area contributed by atoms with Gasteiger partial charge in [0.15, 0.2) is 0 Å². The fraction of sp³-hybridized carbons (Fsp3) is 0.250. The second kappa shape index (κ2) is 7.80. The van der Waals surface area contributed by atoms with E-state index < -0.39 is 0 Å². The van der Waals surface area contributed by atoms with E-state index in [1.807, 2.05) is 42.5 Å². The van der Waals surface area contributed by atoms with Gasteiger partial charge in [0.05, 0.1) is 7.11 Å². The quantitative estimate of drug-likeness (QED) is 0.564. The normalized spacial score (nSPS) is 10.1. The molecular weight excluding hydrogens is 320 g/mol. The zero-order valence-electron chi connectivity index (χ0n) is 11.3. The number of benzene rings is 2. The minimum atomic E-state index is 0.505. The highest BCUT2D eigenvalue weighted by atomic mass is 79.9. The zero-order valence-corrected chi connectivity index (χ0v) is 12.9. The number of rotatable bonds is 7. The molecule has 0 bridgehead atoms. The second-order valence-corrected chi connectivity index (χ2v) is 4.71. The number of hydrogen-bond acceptors (Lipinski definition) is 3. The number of ether oxygens (including phenoxy) is 3. The van der Waals surface area contributed by atoms with E-state index in [1.54, 1.807) is 7.11 Å². The Labute approximate surface area is 127 Å². The minimum Gasteiger partial charge on any atom is -0.497 e. The van der Waals surface area contributed by atoms with Crippen molar-refractivity contribution in [3.05, 3.63) is 54.1 Å². The lowest BCUT2D eigenvalue weighted by atomic mass is 10.2. The molecule has 0 aliphatic carbocycles. The van der Waals surface area contributed by atoms with E-state index in [9.17, 15) is 0 Å². The largest absolute Gasteiger partial charge is 0.497 e. The molecule has 0 fully saturated rings. The number of hydrogen-bond donors (Lipinski definition) is 0. The maximum atomic E-state index is 5.64. The molecule has 0 aliphatic rings. The fourth-order valence-electron chi connectivity index (χ4n) is 1.71. The van der Waals surface area contributed by atoms with Gasteiger partial charge in [0.2, 0.25) is 0 Å². The van der Waals surface area contributed by atoms with Crippen LogP contribution < -0.4 is 14.2 Å². The first-order valence-corrected chi connectivity index (χ1v) is 7.48. The molecule has 2 aromatic carbocycles. The Morgan fingerprint density at radius 1 is 0.850 bits per heavy atom. The molecule has 0 aromatic heterocycles. The summed E-state index contributed by atoms with van der Waals surface area (Å²) in [5.41, 5.74) is 1.19. The summed E-state index contributed by atoms with van der Waals surface area (Å²) in [4.78, 5) is 0. The van der Waals surface area contributed by atoms with Crippen molar-refractivity contribution in [2.45, 2.75) is 5.33 Å². The SMILES string of the molecule is COc1ccc(OCCOc2cccc(CBr)c2)cc1. The van der Waals surface area contributed by atoms with Crippen LogP contribution in [0.2, 0.25) is 0 Å². The summed E-state index contributed by atoms with van der Waals surface area (Å²) in [5, 5.41) is 0.826. The molecule has 20 heavy (non-hydrogen) atoms. The van der Waals surface area contributed by atoms with Gasteiger partial charge in [-0.25, -0.2) is 0 Å². The monoisotopic (exact) mass is 336 g/mol. The van der Waals surface area contributed by atoms with Gasteiger partial charge in [-0.15, -0.1) is 0 Å². The average molecular weight is 337 g/mol. The second-order valence-electron chi connectivity index (χ2n) is 4.15. The Kier molecular flexibility index (Phi) is 5.74. The summed E-state index contributed by atoms with van der Waals surface area (Å²) in [7, 11) is 1.64. The van der Waals surface area contributed by atoms with Gasteiger partial charge in [-0.3, -0.25) is 0 Å². The van der Waals surface area contributed by atoms with E-state index in [1.165, 1.54) is 5.56 Å². The van der Waals surface area contributed by atoms with Crippen LogP contribution in [0, 0.1) is 0 Å². The summed E-state index contributed by atoms with van der Waals surface area (Å²) in [5.74, 6) is 2.49. The van der Waals surface area contributed by atoms with Crippen molar-refractivity contribution in [3.63, 3.8) is 0 Å². The molecule has 4 heteroatoms. The first-order valence-electron chi connectivity index (χ1n) is 6.36. The molecule has 0 heterocycles. The first-order chi connectivity index (χ1) is 9.81. The van der Waals surface area contributed by atoms with Gasteiger partial charge in [-0.1, -0.05) is 28.1 Å². The lowest BCUT2D eigenvalue weighted by Gasteiger charge is -2.09. The van der Waals surface area contributed by atoms with E-state index in [0.29, 0.717) is 13.2 Å². The summed E-state index contributed by atoms with van der Waals surface area (Å²) < 4.78 is 16.3. The van der Waals surface area contributed by atoms with Crippen molar-refractivity contribution < 1.29 is 14.2 Å². The van der Waals surface area contributed by atoms with Crippen LogP contribution in [0.4, 0.5) is 0 Å². The van der Waals surface area contributed by atoms with E-state index in [-0.39, 0.29) is 0 Å². The van der Waals surface area contributed by atoms with E-state index in [0.717, 1.165) is 22.6 Å². The van der Waals surface area contributed by atoms with Crippen LogP contribution in [-0.4, -0.2) is 20.3 Å². The summed E-state index contributed by atoms with van der Waals surface area (Å²) in [6, 6.07) is 15.5. The van der Waals surface area contributed by atoms with Gasteiger partial charge in [0.1, 0.15) is 30.5 Å². The molecule has 0 saturated heterocycles. The molecule has 0 amide bonds. The van der Waals surface area contributed by atoms with Crippen molar-refractivity contribution in [1.82, 2.24) is 0 Å². The van der Waals surface area contributed by atoms with Gasteiger partial charge in [0, 0.05) is 5.33 Å². The summed E-state index contributed by atoms with van der Waals surface area (Å²) in [6.07, 6.45) is 0. The molecule has 2 aromatic rings. The van der Waals surface area contributed by atoms with Crippen LogP contribution in [0.15, 0.2) is 48.5 Å². The van der Waals surface area contributed by atoms with Gasteiger partial charge in [-0.2, -0.15) is 0 Å². The van der Waals surface area contributed by atoms with E-state index in [4.69, 9.17) is 14.2 Å². The van der Waals surface area contributed by atoms with Gasteiger partial charge >= 0.3 is 0 Å². The van der Waals surface area contributed by atoms with Crippen LogP contribution in [0.5, 0.6) is 17.2 Å². The molecule has 106 valence electrons. The highest BCUT2D eigenvalue weighted by Gasteiger charge is 1.98. The predicted molar refractivity (Wildman–Crippen MR) is 83.1 cm³/mol. The van der Waals surface area contributed by atoms with Crippen molar-refractivity contribution in [1.29, 1.82) is 0 Å². The third kappa shape index (κ3) is 4.46. The standard InChI is InChI=1S/C16H17BrO3/c1-18-14-5-7-15(8-6-14)19-9-10-20-16-4-2-3-13(11-16)12-17/h2-8,11H,9-10,12H2,1H3. The molecule has 0 saturated carbocycles. The van der Waals surface area contributed by atoms with E-state index in [2.05, 4.69) is 22.0 Å². The van der Waals surface area contributed by atoms with E-state index >= 15 is 0 Å². The van der Waals surface area contributed by atoms with Crippen LogP contribution in [0.3, 0.4) is 0 Å². The summed E-state index contributed by atoms with van der Waals surface area (Å²) in [6.45, 7) is 1.02. The minimum absolute atomic E-state index is 0.505. The maximum absolute atomic E-state index is 5.64. The molecule has 0 aliphatic heterocycles. The van der Waals surface area contributed by atoms with Crippen LogP contribution in [0.25, 0.3) is 0 Å². The Bertz CT molecular complexity index is 526. The molecule has 0 unspecified atom stereocenters. The molecule has 0 N–H and O–H groups in total. The maximum Gasteiger partial charge on any atom is 0.122 e. The van der Waals surface area contributed by atoms with Crippen LogP contribution in [0.1, 0.15) is 5.56 Å². The molecule has 0 spiro atoms. The Hall–Kier alpha value is -1.68. The Morgan fingerprint density at radius 2 is 1.50 bits per heavy atom. The lowest BCUT2D eigenvalue weighted by Crippen LogP contribution is -2.09. The summed E-state index contributed by atoms with van der Waals surface area (Å²) >= 11 is 3.43. The van der Waals surface area contributed by atoms with Crippen molar-refractivity contribution in [2.24, 2.45) is 0 Å². The van der Waals surface area contributed by atoms with Gasteiger partial charge < -0.3 is 14.2 Å². The van der Waals surface area contributed by atoms with Crippen molar-refractivity contribution >= 4 is 15.9 Å². The highest BCUT2D eigenvalue weighted by Crippen LogP contribution is 2.17. The topological polar surface area (TPSA) is 27.7 Å². The molecule has 0 atom stereocenters. The number of methoxy groups -OCH3 is 1. The smallest absolute Gasteiger partial charge is 0.122 e. The highest BCUT2D eigenvalue weighted by molar-refractivity contribution is 9.08. The van der Waals surface area contributed by atoms with Crippen LogP contribution in [-0.2, 0) is 5.33 Å².